The summed E-state index contributed by atoms with van der Waals surface area (Å²) in [4.78, 5) is 86.8. The molecule has 9 aromatic rings. The number of aromatic nitrogens is 3. The lowest BCUT2D eigenvalue weighted by molar-refractivity contribution is -0.137. The molecule has 20 heteroatoms. The van der Waals surface area contributed by atoms with Crippen LogP contribution in [0.3, 0.4) is 0 Å². The molecule has 17 nitrogen and oxygen atoms in total. The molecular weight excluding hydrogens is 991 g/mol. The van der Waals surface area contributed by atoms with Crippen LogP contribution < -0.4 is 31.2 Å². The van der Waals surface area contributed by atoms with Crippen molar-refractivity contribution in [2.24, 2.45) is 5.73 Å². The molecule has 6 N–H and O–H groups in total. The number of pyridine rings is 3. The first-order valence-corrected chi connectivity index (χ1v) is 24.8. The molecule has 0 aliphatic heterocycles. The van der Waals surface area contributed by atoms with Crippen LogP contribution in [0.15, 0.2) is 146 Å². The number of hydrogen-bond donors (Lipinski definition) is 5. The van der Waals surface area contributed by atoms with Gasteiger partial charge in [-0.2, -0.15) is 0 Å². The quantitative estimate of drug-likeness (QED) is 0.0504. The first kappa shape index (κ1) is 52.4. The second-order valence-corrected chi connectivity index (χ2v) is 19.1. The standard InChI is InChI=1S/C26H23N3O5S.C18H17N3O3S.C9H7NO2S/c1-17-12-13-27-20-14-22(35-23(17)20)24(30)28-15-21(25(31)34-19-10-6-3-7-11-19)29-26(32)33-16-18-8-4-2-5-9-18;1-11-7-8-20-14-9-15(25-16(11)14)17(22)21-10-13(19)18(23)24-12-5-3-2-4-6-12;1-5-2-3-10-6-4-7(9(11)12)13-8(5)6/h2-14,21H,15-16H2,1H3,(H,28,30)(H,29,32);2-9,13H,10,19H2,1H3,(H,21,22);2-4H,1H3,(H,11,12)/t21-;13-;/m11./s1. The summed E-state index contributed by atoms with van der Waals surface area (Å²) in [6.45, 7) is 5.71. The van der Waals surface area contributed by atoms with Crippen LogP contribution in [-0.2, 0) is 20.9 Å². The minimum Gasteiger partial charge on any atom is -0.477 e. The van der Waals surface area contributed by atoms with E-state index in [1.807, 2.05) is 75.4 Å². The highest BCUT2D eigenvalue weighted by atomic mass is 32.1. The van der Waals surface area contributed by atoms with Crippen LogP contribution in [0.2, 0.25) is 0 Å². The first-order chi connectivity index (χ1) is 35.2. The lowest BCUT2D eigenvalue weighted by Crippen LogP contribution is -2.50. The minimum atomic E-state index is -1.17. The molecule has 73 heavy (non-hydrogen) atoms. The first-order valence-electron chi connectivity index (χ1n) is 22.3. The molecule has 0 saturated carbocycles. The summed E-state index contributed by atoms with van der Waals surface area (Å²) in [5.74, 6) is -2.15. The van der Waals surface area contributed by atoms with Crippen molar-refractivity contribution >= 4 is 100 Å². The lowest BCUT2D eigenvalue weighted by Gasteiger charge is -2.18. The molecule has 0 unspecified atom stereocenters. The Morgan fingerprint density at radius 1 is 0.562 bits per heavy atom. The maximum atomic E-state index is 12.8. The van der Waals surface area contributed by atoms with Crippen molar-refractivity contribution in [2.45, 2.75) is 39.5 Å². The average molecular weight is 1040 g/mol. The van der Waals surface area contributed by atoms with Gasteiger partial charge in [-0.05, 0) is 104 Å². The largest absolute Gasteiger partial charge is 0.477 e. The molecule has 9 rings (SSSR count). The second-order valence-electron chi connectivity index (χ2n) is 15.9. The van der Waals surface area contributed by atoms with E-state index in [1.165, 1.54) is 34.0 Å². The van der Waals surface area contributed by atoms with Crippen LogP contribution in [0, 0.1) is 20.8 Å². The summed E-state index contributed by atoms with van der Waals surface area (Å²) in [6, 6.07) is 34.8. The molecule has 0 bridgehead atoms. The van der Waals surface area contributed by atoms with E-state index in [-0.39, 0.29) is 31.5 Å². The number of rotatable bonds is 14. The average Bonchev–Trinajstić information content (AvgIpc) is 4.17. The van der Waals surface area contributed by atoms with E-state index >= 15 is 0 Å². The van der Waals surface area contributed by atoms with E-state index in [0.717, 1.165) is 52.9 Å². The van der Waals surface area contributed by atoms with Gasteiger partial charge in [0.1, 0.15) is 35.1 Å². The number of carboxylic acid groups (broad SMARTS) is 1. The SMILES string of the molecule is Cc1ccnc2cc(C(=O)NC[C@@H](N)C(=O)Oc3ccccc3)sc12.Cc1ccnc2cc(C(=O)NC[C@@H](NC(=O)OCc3ccccc3)C(=O)Oc3ccccc3)sc12.Cc1ccnc2cc(C(=O)O)sc12. The van der Waals surface area contributed by atoms with Gasteiger partial charge in [0, 0.05) is 31.7 Å². The maximum Gasteiger partial charge on any atom is 0.408 e. The van der Waals surface area contributed by atoms with Crippen LogP contribution in [-0.4, -0.2) is 81.0 Å². The van der Waals surface area contributed by atoms with Crippen molar-refractivity contribution in [3.05, 3.63) is 183 Å². The number of nitrogens with two attached hydrogens (primary N) is 1. The van der Waals surface area contributed by atoms with Crippen LogP contribution in [0.4, 0.5) is 4.79 Å². The molecule has 6 aromatic heterocycles. The fourth-order valence-electron chi connectivity index (χ4n) is 6.64. The fourth-order valence-corrected chi connectivity index (χ4v) is 9.56. The fraction of sp³-hybridized carbons (Fsp3) is 0.151. The van der Waals surface area contributed by atoms with Gasteiger partial charge in [-0.15, -0.1) is 34.0 Å². The van der Waals surface area contributed by atoms with E-state index in [4.69, 9.17) is 25.1 Å². The highest BCUT2D eigenvalue weighted by Crippen LogP contribution is 2.29. The number of para-hydroxylation sites is 2. The van der Waals surface area contributed by atoms with Gasteiger partial charge in [0.25, 0.3) is 11.8 Å². The number of alkyl carbamates (subject to hydrolysis) is 1. The Kier molecular flexibility index (Phi) is 18.0. The van der Waals surface area contributed by atoms with E-state index < -0.39 is 36.1 Å². The molecule has 0 aliphatic rings. The number of carbonyl (C=O) groups is 6. The third kappa shape index (κ3) is 14.6. The molecular formula is C53H47N7O10S3. The number of ether oxygens (including phenoxy) is 3. The van der Waals surface area contributed by atoms with Gasteiger partial charge in [0.2, 0.25) is 0 Å². The highest BCUT2D eigenvalue weighted by Gasteiger charge is 2.26. The van der Waals surface area contributed by atoms with Gasteiger partial charge in [-0.3, -0.25) is 24.5 Å². The summed E-state index contributed by atoms with van der Waals surface area (Å²) >= 11 is 3.94. The van der Waals surface area contributed by atoms with E-state index in [9.17, 15) is 28.8 Å². The van der Waals surface area contributed by atoms with Crippen molar-refractivity contribution < 1.29 is 48.1 Å². The molecule has 3 aromatic carbocycles. The van der Waals surface area contributed by atoms with Gasteiger partial charge in [-0.1, -0.05) is 66.7 Å². The molecule has 0 aliphatic carbocycles. The van der Waals surface area contributed by atoms with Crippen molar-refractivity contribution in [3.63, 3.8) is 0 Å². The number of aryl methyl sites for hydroxylation is 3. The third-order valence-corrected chi connectivity index (χ3v) is 14.2. The summed E-state index contributed by atoms with van der Waals surface area (Å²) in [5.41, 5.74) is 12.0. The van der Waals surface area contributed by atoms with Gasteiger partial charge in [-0.25, -0.2) is 19.2 Å². The smallest absolute Gasteiger partial charge is 0.408 e. The topological polar surface area (TPSA) is 251 Å². The predicted molar refractivity (Wildman–Crippen MR) is 280 cm³/mol. The maximum absolute atomic E-state index is 12.8. The molecule has 6 heterocycles. The van der Waals surface area contributed by atoms with Crippen LogP contribution in [0.1, 0.15) is 51.3 Å². The Morgan fingerprint density at radius 3 is 1.42 bits per heavy atom. The summed E-state index contributed by atoms with van der Waals surface area (Å²) < 4.78 is 18.6. The normalized spacial score (nSPS) is 11.5. The number of carboxylic acids is 1. The summed E-state index contributed by atoms with van der Waals surface area (Å²) in [6.07, 6.45) is 4.28. The minimum absolute atomic E-state index is 0.00877. The Balaban J connectivity index is 0.000000177. The lowest BCUT2D eigenvalue weighted by atomic mass is 10.2. The number of hydrogen-bond acceptors (Lipinski definition) is 16. The van der Waals surface area contributed by atoms with Crippen LogP contribution >= 0.6 is 34.0 Å². The molecule has 0 saturated heterocycles. The Morgan fingerprint density at radius 2 is 0.973 bits per heavy atom. The number of nitrogens with one attached hydrogen (secondary N) is 3. The van der Waals surface area contributed by atoms with E-state index in [2.05, 4.69) is 30.9 Å². The number of nitrogens with zero attached hydrogens (tertiary/aromatic N) is 3. The van der Waals surface area contributed by atoms with E-state index in [0.29, 0.717) is 26.1 Å². The monoisotopic (exact) mass is 1040 g/mol. The third-order valence-electron chi connectivity index (χ3n) is 10.4. The zero-order valence-corrected chi connectivity index (χ0v) is 41.8. The van der Waals surface area contributed by atoms with Crippen LogP contribution in [0.5, 0.6) is 11.5 Å². The Labute approximate surface area is 430 Å². The number of carbonyl (C=O) groups excluding carboxylic acids is 5. The molecule has 3 amide bonds. The van der Waals surface area contributed by atoms with Gasteiger partial charge in [0.15, 0.2) is 0 Å². The zero-order chi connectivity index (χ0) is 51.9. The number of benzene rings is 3. The molecule has 0 spiro atoms. The van der Waals surface area contributed by atoms with Crippen LogP contribution in [0.25, 0.3) is 30.6 Å². The second kappa shape index (κ2) is 25.1. The molecule has 2 atom stereocenters. The van der Waals surface area contributed by atoms with Crippen molar-refractivity contribution in [1.29, 1.82) is 0 Å². The highest BCUT2D eigenvalue weighted by molar-refractivity contribution is 7.21. The number of amides is 3. The van der Waals surface area contributed by atoms with E-state index in [1.54, 1.807) is 91.4 Å². The number of aromatic carboxylic acids is 1. The molecule has 372 valence electrons. The van der Waals surface area contributed by atoms with Crippen molar-refractivity contribution in [3.8, 4) is 11.5 Å². The number of fused-ring (bicyclic) bond motifs is 3. The van der Waals surface area contributed by atoms with Gasteiger partial charge >= 0.3 is 24.0 Å². The molecule has 0 radical (unpaired) electrons. The van der Waals surface area contributed by atoms with Crippen molar-refractivity contribution in [2.75, 3.05) is 13.1 Å². The van der Waals surface area contributed by atoms with Crippen molar-refractivity contribution in [1.82, 2.24) is 30.9 Å². The number of thiophene rings is 3. The zero-order valence-electron chi connectivity index (χ0n) is 39.4. The number of esters is 2. The predicted octanol–water partition coefficient (Wildman–Crippen LogP) is 8.81. The van der Waals surface area contributed by atoms with Gasteiger partial charge in [0.05, 0.1) is 40.4 Å². The summed E-state index contributed by atoms with van der Waals surface area (Å²) in [7, 11) is 0. The Bertz CT molecular complexity index is 3390. The Hall–Kier alpha value is -8.43. The van der Waals surface area contributed by atoms with Gasteiger partial charge < -0.3 is 41.0 Å². The molecule has 0 fully saturated rings. The summed E-state index contributed by atoms with van der Waals surface area (Å²) in [5, 5.41) is 16.6.